The normalized spacial score (nSPS) is 17.0. The van der Waals surface area contributed by atoms with E-state index in [0.29, 0.717) is 0 Å². The number of hydrogen-bond acceptors (Lipinski definition) is 3. The molecule has 0 spiro atoms. The van der Waals surface area contributed by atoms with E-state index >= 15 is 0 Å². The Labute approximate surface area is 184 Å². The first-order chi connectivity index (χ1) is 15.3. The maximum Gasteiger partial charge on any atom is 0.123 e. The molecule has 0 saturated carbocycles. The van der Waals surface area contributed by atoms with Gasteiger partial charge in [-0.1, -0.05) is 18.2 Å². The summed E-state index contributed by atoms with van der Waals surface area (Å²) in [4.78, 5) is 4.91. The molecule has 0 amide bonds. The number of rotatable bonds is 6. The highest BCUT2D eigenvalue weighted by molar-refractivity contribution is 5.46. The van der Waals surface area contributed by atoms with E-state index in [2.05, 4.69) is 44.8 Å². The average molecular weight is 419 g/mol. The Kier molecular flexibility index (Phi) is 6.03. The van der Waals surface area contributed by atoms with Crippen molar-refractivity contribution in [1.29, 1.82) is 0 Å². The fourth-order valence-corrected chi connectivity index (χ4v) is 5.01. The van der Waals surface area contributed by atoms with Crippen LogP contribution >= 0.6 is 0 Å². The zero-order valence-electron chi connectivity index (χ0n) is 18.1. The summed E-state index contributed by atoms with van der Waals surface area (Å²) in [6, 6.07) is 17.5. The van der Waals surface area contributed by atoms with Crippen LogP contribution in [-0.4, -0.2) is 47.4 Å². The molecule has 0 N–H and O–H groups in total. The van der Waals surface area contributed by atoms with E-state index in [-0.39, 0.29) is 5.82 Å². The van der Waals surface area contributed by atoms with Crippen LogP contribution in [0.15, 0.2) is 54.6 Å². The summed E-state index contributed by atoms with van der Waals surface area (Å²) in [6.45, 7) is 5.25. The topological polar surface area (TPSA) is 24.3 Å². The number of anilines is 1. The van der Waals surface area contributed by atoms with Gasteiger partial charge in [0.2, 0.25) is 0 Å². The average Bonchev–Trinajstić information content (AvgIpc) is 3.19. The standard InChI is InChI=1S/C26H31FN4/c27-21-12-14-22(15-13-21)30-19-17-29(18-20-30)16-6-10-25-24-9-4-5-11-26(24)31(28-25)23-7-2-1-3-8-23/h1-3,7-8,12-15H,4-6,9-11,16-20H2. The Morgan fingerprint density at radius 3 is 2.32 bits per heavy atom. The second-order valence-electron chi connectivity index (χ2n) is 8.74. The zero-order valence-corrected chi connectivity index (χ0v) is 18.1. The largest absolute Gasteiger partial charge is 0.369 e. The van der Waals surface area contributed by atoms with Crippen molar-refractivity contribution < 1.29 is 4.39 Å². The number of nitrogens with zero attached hydrogens (tertiary/aromatic N) is 4. The highest BCUT2D eigenvalue weighted by atomic mass is 19.1. The molecule has 5 rings (SSSR count). The van der Waals surface area contributed by atoms with E-state index in [1.54, 1.807) is 12.1 Å². The van der Waals surface area contributed by atoms with Crippen LogP contribution in [-0.2, 0) is 19.3 Å². The maximum atomic E-state index is 13.2. The predicted octanol–water partition coefficient (Wildman–Crippen LogP) is 4.65. The van der Waals surface area contributed by atoms with Crippen LogP contribution in [0.2, 0.25) is 0 Å². The van der Waals surface area contributed by atoms with Crippen molar-refractivity contribution in [2.75, 3.05) is 37.6 Å². The third kappa shape index (κ3) is 4.52. The number of aryl methyl sites for hydroxylation is 1. The van der Waals surface area contributed by atoms with Gasteiger partial charge in [-0.25, -0.2) is 9.07 Å². The Morgan fingerprint density at radius 2 is 1.55 bits per heavy atom. The molecule has 1 fully saturated rings. The molecule has 3 aromatic rings. The van der Waals surface area contributed by atoms with Crippen molar-refractivity contribution in [3.05, 3.63) is 77.4 Å². The molecule has 1 saturated heterocycles. The van der Waals surface area contributed by atoms with Crippen LogP contribution in [0.3, 0.4) is 0 Å². The molecule has 2 heterocycles. The second kappa shape index (κ2) is 9.23. The Balaban J connectivity index is 1.18. The molecule has 2 aromatic carbocycles. The van der Waals surface area contributed by atoms with Gasteiger partial charge < -0.3 is 4.90 Å². The van der Waals surface area contributed by atoms with Gasteiger partial charge in [-0.3, -0.25) is 4.90 Å². The van der Waals surface area contributed by atoms with Crippen molar-refractivity contribution in [2.24, 2.45) is 0 Å². The number of para-hydroxylation sites is 1. The first-order valence-corrected chi connectivity index (χ1v) is 11.7. The minimum atomic E-state index is -0.167. The van der Waals surface area contributed by atoms with Gasteiger partial charge in [-0.05, 0) is 87.0 Å². The van der Waals surface area contributed by atoms with Crippen molar-refractivity contribution in [2.45, 2.75) is 38.5 Å². The lowest BCUT2D eigenvalue weighted by Gasteiger charge is -2.36. The Morgan fingerprint density at radius 1 is 0.806 bits per heavy atom. The number of hydrogen-bond donors (Lipinski definition) is 0. The summed E-state index contributed by atoms with van der Waals surface area (Å²) < 4.78 is 15.4. The number of benzene rings is 2. The van der Waals surface area contributed by atoms with E-state index in [1.807, 2.05) is 12.1 Å². The lowest BCUT2D eigenvalue weighted by atomic mass is 9.94. The summed E-state index contributed by atoms with van der Waals surface area (Å²) >= 11 is 0. The molecule has 2 aliphatic rings. The van der Waals surface area contributed by atoms with Gasteiger partial charge in [0.1, 0.15) is 5.82 Å². The summed E-state index contributed by atoms with van der Waals surface area (Å²) in [6.07, 6.45) is 7.07. The van der Waals surface area contributed by atoms with E-state index in [4.69, 9.17) is 5.10 Å². The fraction of sp³-hybridized carbons (Fsp3) is 0.423. The van der Waals surface area contributed by atoms with Gasteiger partial charge in [0.05, 0.1) is 11.4 Å². The minimum absolute atomic E-state index is 0.167. The monoisotopic (exact) mass is 418 g/mol. The molecule has 0 radical (unpaired) electrons. The molecular formula is C26H31FN4. The SMILES string of the molecule is Fc1ccc(N2CCN(CCCc3nn(-c4ccccc4)c4c3CCCC4)CC2)cc1. The van der Waals surface area contributed by atoms with Gasteiger partial charge in [-0.15, -0.1) is 0 Å². The number of piperazine rings is 1. The lowest BCUT2D eigenvalue weighted by Crippen LogP contribution is -2.46. The maximum absolute atomic E-state index is 13.2. The number of fused-ring (bicyclic) bond motifs is 1. The first kappa shape index (κ1) is 20.3. The zero-order chi connectivity index (χ0) is 21.0. The van der Waals surface area contributed by atoms with Crippen LogP contribution in [0.1, 0.15) is 36.2 Å². The van der Waals surface area contributed by atoms with Gasteiger partial charge >= 0.3 is 0 Å². The van der Waals surface area contributed by atoms with E-state index < -0.39 is 0 Å². The van der Waals surface area contributed by atoms with Crippen LogP contribution in [0.25, 0.3) is 5.69 Å². The summed E-state index contributed by atoms with van der Waals surface area (Å²) in [5, 5.41) is 5.06. The van der Waals surface area contributed by atoms with E-state index in [0.717, 1.165) is 57.7 Å². The van der Waals surface area contributed by atoms with Crippen molar-refractivity contribution >= 4 is 5.69 Å². The molecule has 0 bridgehead atoms. The number of aromatic nitrogens is 2. The molecule has 1 aliphatic heterocycles. The first-order valence-electron chi connectivity index (χ1n) is 11.7. The van der Waals surface area contributed by atoms with Gasteiger partial charge in [-0.2, -0.15) is 5.10 Å². The molecule has 0 atom stereocenters. The third-order valence-corrected chi connectivity index (χ3v) is 6.72. The fourth-order valence-electron chi connectivity index (χ4n) is 5.01. The highest BCUT2D eigenvalue weighted by Crippen LogP contribution is 2.27. The van der Waals surface area contributed by atoms with Crippen LogP contribution in [0.5, 0.6) is 0 Å². The molecule has 4 nitrogen and oxygen atoms in total. The van der Waals surface area contributed by atoms with E-state index in [9.17, 15) is 4.39 Å². The predicted molar refractivity (Wildman–Crippen MR) is 124 cm³/mol. The smallest absolute Gasteiger partial charge is 0.123 e. The Hall–Kier alpha value is -2.66. The molecule has 31 heavy (non-hydrogen) atoms. The number of halogens is 1. The quantitative estimate of drug-likeness (QED) is 0.583. The highest BCUT2D eigenvalue weighted by Gasteiger charge is 2.22. The van der Waals surface area contributed by atoms with Gasteiger partial charge in [0, 0.05) is 37.6 Å². The third-order valence-electron chi connectivity index (χ3n) is 6.72. The van der Waals surface area contributed by atoms with Gasteiger partial charge in [0.15, 0.2) is 0 Å². The summed E-state index contributed by atoms with van der Waals surface area (Å²) in [5.74, 6) is -0.167. The van der Waals surface area contributed by atoms with Crippen LogP contribution < -0.4 is 4.90 Å². The molecule has 0 unspecified atom stereocenters. The van der Waals surface area contributed by atoms with Crippen LogP contribution in [0, 0.1) is 5.82 Å². The summed E-state index contributed by atoms with van der Waals surface area (Å²) in [5.41, 5.74) is 6.56. The second-order valence-corrected chi connectivity index (χ2v) is 8.74. The molecular weight excluding hydrogens is 387 g/mol. The van der Waals surface area contributed by atoms with Crippen LogP contribution in [0.4, 0.5) is 10.1 Å². The van der Waals surface area contributed by atoms with E-state index in [1.165, 1.54) is 41.9 Å². The Bertz CT molecular complexity index is 988. The minimum Gasteiger partial charge on any atom is -0.369 e. The lowest BCUT2D eigenvalue weighted by molar-refractivity contribution is 0.254. The summed E-state index contributed by atoms with van der Waals surface area (Å²) in [7, 11) is 0. The van der Waals surface area contributed by atoms with Crippen molar-refractivity contribution in [1.82, 2.24) is 14.7 Å². The molecule has 1 aromatic heterocycles. The molecule has 1 aliphatic carbocycles. The molecule has 162 valence electrons. The van der Waals surface area contributed by atoms with Crippen molar-refractivity contribution in [3.63, 3.8) is 0 Å². The molecule has 5 heteroatoms. The van der Waals surface area contributed by atoms with Gasteiger partial charge in [0.25, 0.3) is 0 Å². The van der Waals surface area contributed by atoms with Crippen molar-refractivity contribution in [3.8, 4) is 5.69 Å².